The Labute approximate surface area is 122 Å². The van der Waals surface area contributed by atoms with Gasteiger partial charge in [-0.3, -0.25) is 4.79 Å². The van der Waals surface area contributed by atoms with Gasteiger partial charge < -0.3 is 9.67 Å². The fourth-order valence-electron chi connectivity index (χ4n) is 2.57. The molecule has 1 N–H and O–H groups in total. The molecule has 0 unspecified atom stereocenters. The van der Waals surface area contributed by atoms with Crippen LogP contribution >= 0.6 is 0 Å². The Kier molecular flexibility index (Phi) is 3.21. The molecule has 0 bridgehead atoms. The van der Waals surface area contributed by atoms with Gasteiger partial charge in [0.05, 0.1) is 11.3 Å². The Morgan fingerprint density at radius 3 is 2.29 bits per heavy atom. The van der Waals surface area contributed by atoms with Gasteiger partial charge in [-0.1, -0.05) is 0 Å². The van der Waals surface area contributed by atoms with Crippen LogP contribution in [0.2, 0.25) is 0 Å². The van der Waals surface area contributed by atoms with Crippen LogP contribution in [0.4, 0.5) is 4.39 Å². The van der Waals surface area contributed by atoms with E-state index in [2.05, 4.69) is 0 Å². The van der Waals surface area contributed by atoms with E-state index in [1.165, 1.54) is 12.1 Å². The predicted octanol–water partition coefficient (Wildman–Crippen LogP) is 3.22. The number of aliphatic hydroxyl groups is 1. The minimum absolute atomic E-state index is 0.160. The molecule has 0 spiro atoms. The van der Waals surface area contributed by atoms with Crippen molar-refractivity contribution < 1.29 is 9.50 Å². The number of halogens is 1. The Morgan fingerprint density at radius 1 is 1.14 bits per heavy atom. The largest absolute Gasteiger partial charge is 0.386 e. The second kappa shape index (κ2) is 4.81. The van der Waals surface area contributed by atoms with E-state index in [1.807, 2.05) is 6.07 Å². The van der Waals surface area contributed by atoms with Crippen LogP contribution in [0.25, 0.3) is 11.3 Å². The number of rotatable bonds is 3. The molecular formula is C17H18FNO2. The van der Waals surface area contributed by atoms with Gasteiger partial charge in [-0.2, -0.15) is 0 Å². The highest BCUT2D eigenvalue weighted by Crippen LogP contribution is 2.37. The summed E-state index contributed by atoms with van der Waals surface area (Å²) in [6.45, 7) is 3.22. The van der Waals surface area contributed by atoms with E-state index < -0.39 is 5.60 Å². The average Bonchev–Trinajstić information content (AvgIpc) is 3.22. The van der Waals surface area contributed by atoms with Crippen LogP contribution < -0.4 is 5.56 Å². The van der Waals surface area contributed by atoms with Crippen LogP contribution in [0.3, 0.4) is 0 Å². The van der Waals surface area contributed by atoms with Gasteiger partial charge in [-0.25, -0.2) is 4.39 Å². The minimum Gasteiger partial charge on any atom is -0.386 e. The lowest BCUT2D eigenvalue weighted by molar-refractivity contribution is 0.0765. The molecule has 1 aromatic carbocycles. The summed E-state index contributed by atoms with van der Waals surface area (Å²) >= 11 is 0. The molecule has 3 rings (SSSR count). The maximum Gasteiger partial charge on any atom is 0.257 e. The molecule has 0 atom stereocenters. The zero-order chi connectivity index (χ0) is 15.2. The molecule has 1 aliphatic rings. The first-order valence-electron chi connectivity index (χ1n) is 7.12. The highest BCUT2D eigenvalue weighted by atomic mass is 19.1. The lowest BCUT2D eigenvalue weighted by Crippen LogP contribution is -2.32. The van der Waals surface area contributed by atoms with Crippen molar-refractivity contribution in [1.82, 2.24) is 4.57 Å². The summed E-state index contributed by atoms with van der Waals surface area (Å²) in [4.78, 5) is 12.7. The molecule has 3 nitrogen and oxygen atoms in total. The number of nitrogens with zero attached hydrogens (tertiary/aromatic N) is 1. The molecule has 0 aliphatic heterocycles. The van der Waals surface area contributed by atoms with Crippen LogP contribution in [0.5, 0.6) is 0 Å². The van der Waals surface area contributed by atoms with Crippen LogP contribution in [0.15, 0.2) is 41.2 Å². The molecule has 1 fully saturated rings. The van der Waals surface area contributed by atoms with Crippen molar-refractivity contribution in [3.8, 4) is 11.3 Å². The third kappa shape index (κ3) is 2.63. The zero-order valence-electron chi connectivity index (χ0n) is 12.1. The smallest absolute Gasteiger partial charge is 0.257 e. The Morgan fingerprint density at radius 2 is 1.76 bits per heavy atom. The van der Waals surface area contributed by atoms with Gasteiger partial charge in [-0.05, 0) is 68.7 Å². The summed E-state index contributed by atoms with van der Waals surface area (Å²) in [5.41, 5.74) is 0.639. The second-order valence-electron chi connectivity index (χ2n) is 6.10. The molecule has 0 radical (unpaired) electrons. The van der Waals surface area contributed by atoms with Gasteiger partial charge in [0.2, 0.25) is 0 Å². The standard InChI is InChI=1S/C17H18FNO2/c1-17(2,21)14-9-10-15(11-3-5-12(18)6-4-11)19(16(14)20)13-7-8-13/h3-6,9-10,13,21H,7-8H2,1-2H3. The Bertz CT molecular complexity index is 722. The van der Waals surface area contributed by atoms with Crippen molar-refractivity contribution in [2.75, 3.05) is 0 Å². The Balaban J connectivity index is 2.20. The SMILES string of the molecule is CC(C)(O)c1ccc(-c2ccc(F)cc2)n(C2CC2)c1=O. The number of benzene rings is 1. The summed E-state index contributed by atoms with van der Waals surface area (Å²) in [5, 5.41) is 10.1. The van der Waals surface area contributed by atoms with Crippen molar-refractivity contribution >= 4 is 0 Å². The summed E-state index contributed by atoms with van der Waals surface area (Å²) in [6, 6.07) is 9.81. The summed E-state index contributed by atoms with van der Waals surface area (Å²) in [6.07, 6.45) is 1.92. The fraction of sp³-hybridized carbons (Fsp3) is 0.353. The number of pyridine rings is 1. The number of aromatic nitrogens is 1. The molecule has 21 heavy (non-hydrogen) atoms. The molecule has 1 aliphatic carbocycles. The van der Waals surface area contributed by atoms with E-state index in [1.54, 1.807) is 36.6 Å². The van der Waals surface area contributed by atoms with Crippen molar-refractivity contribution in [1.29, 1.82) is 0 Å². The third-order valence-corrected chi connectivity index (χ3v) is 3.83. The first kappa shape index (κ1) is 14.0. The second-order valence-corrected chi connectivity index (χ2v) is 6.10. The van der Waals surface area contributed by atoms with Gasteiger partial charge >= 0.3 is 0 Å². The van der Waals surface area contributed by atoms with Gasteiger partial charge in [0, 0.05) is 11.6 Å². The molecule has 0 saturated heterocycles. The Hall–Kier alpha value is -1.94. The van der Waals surface area contributed by atoms with Gasteiger partial charge in [0.25, 0.3) is 5.56 Å². The lowest BCUT2D eigenvalue weighted by atomic mass is 9.98. The third-order valence-electron chi connectivity index (χ3n) is 3.83. The highest BCUT2D eigenvalue weighted by molar-refractivity contribution is 5.60. The minimum atomic E-state index is -1.17. The van der Waals surface area contributed by atoms with E-state index in [9.17, 15) is 14.3 Å². The van der Waals surface area contributed by atoms with Crippen LogP contribution in [0.1, 0.15) is 38.3 Å². The lowest BCUT2D eigenvalue weighted by Gasteiger charge is -2.21. The average molecular weight is 287 g/mol. The van der Waals surface area contributed by atoms with Crippen molar-refractivity contribution in [3.63, 3.8) is 0 Å². The molecule has 4 heteroatoms. The number of hydrogen-bond donors (Lipinski definition) is 1. The topological polar surface area (TPSA) is 42.2 Å². The molecule has 1 aromatic heterocycles. The van der Waals surface area contributed by atoms with Crippen LogP contribution in [0, 0.1) is 5.82 Å². The molecule has 1 saturated carbocycles. The maximum absolute atomic E-state index is 13.1. The zero-order valence-corrected chi connectivity index (χ0v) is 12.1. The van der Waals surface area contributed by atoms with Crippen LogP contribution in [-0.2, 0) is 5.60 Å². The van der Waals surface area contributed by atoms with E-state index in [0.717, 1.165) is 24.1 Å². The van der Waals surface area contributed by atoms with Gasteiger partial charge in [-0.15, -0.1) is 0 Å². The normalized spacial score (nSPS) is 15.2. The molecule has 0 amide bonds. The predicted molar refractivity (Wildman–Crippen MR) is 79.6 cm³/mol. The first-order valence-corrected chi connectivity index (χ1v) is 7.12. The van der Waals surface area contributed by atoms with Gasteiger partial charge in [0.15, 0.2) is 0 Å². The molecular weight excluding hydrogens is 269 g/mol. The monoisotopic (exact) mass is 287 g/mol. The fourth-order valence-corrected chi connectivity index (χ4v) is 2.57. The van der Waals surface area contributed by atoms with E-state index >= 15 is 0 Å². The highest BCUT2D eigenvalue weighted by Gasteiger charge is 2.30. The summed E-state index contributed by atoms with van der Waals surface area (Å²) in [7, 11) is 0. The van der Waals surface area contributed by atoms with E-state index in [-0.39, 0.29) is 17.4 Å². The maximum atomic E-state index is 13.1. The molecule has 110 valence electrons. The first-order chi connectivity index (χ1) is 9.88. The van der Waals surface area contributed by atoms with Crippen molar-refractivity contribution in [2.45, 2.75) is 38.3 Å². The molecule has 1 heterocycles. The van der Waals surface area contributed by atoms with Gasteiger partial charge in [0.1, 0.15) is 5.82 Å². The quantitative estimate of drug-likeness (QED) is 0.942. The van der Waals surface area contributed by atoms with E-state index in [4.69, 9.17) is 0 Å². The van der Waals surface area contributed by atoms with Crippen molar-refractivity contribution in [2.24, 2.45) is 0 Å². The molecule has 2 aromatic rings. The van der Waals surface area contributed by atoms with Crippen molar-refractivity contribution in [3.05, 3.63) is 58.1 Å². The number of hydrogen-bond acceptors (Lipinski definition) is 2. The van der Waals surface area contributed by atoms with E-state index in [0.29, 0.717) is 5.56 Å². The van der Waals surface area contributed by atoms with Crippen LogP contribution in [-0.4, -0.2) is 9.67 Å². The summed E-state index contributed by atoms with van der Waals surface area (Å²) in [5.74, 6) is -0.299. The summed E-state index contributed by atoms with van der Waals surface area (Å²) < 4.78 is 14.8.